The summed E-state index contributed by atoms with van der Waals surface area (Å²) in [6.45, 7) is 2.23. The molecule has 3 aromatic rings. The topological polar surface area (TPSA) is 56.7 Å². The SMILES string of the molecule is CCc1ccc(-n2nnc(CN)c2-c2ccc(F)c(F)c2)cc1. The highest BCUT2D eigenvalue weighted by Crippen LogP contribution is 2.26. The van der Waals surface area contributed by atoms with E-state index in [0.717, 1.165) is 24.2 Å². The lowest BCUT2D eigenvalue weighted by atomic mass is 10.1. The molecule has 0 spiro atoms. The number of nitrogens with zero attached hydrogens (tertiary/aromatic N) is 3. The molecular weight excluding hydrogens is 298 g/mol. The van der Waals surface area contributed by atoms with E-state index < -0.39 is 11.6 Å². The summed E-state index contributed by atoms with van der Waals surface area (Å²) in [5, 5.41) is 8.17. The number of hydrogen-bond acceptors (Lipinski definition) is 3. The van der Waals surface area contributed by atoms with E-state index in [1.54, 1.807) is 4.68 Å². The van der Waals surface area contributed by atoms with Gasteiger partial charge in [-0.05, 0) is 42.3 Å². The molecule has 0 fully saturated rings. The molecule has 6 heteroatoms. The van der Waals surface area contributed by atoms with E-state index in [9.17, 15) is 8.78 Å². The van der Waals surface area contributed by atoms with Gasteiger partial charge >= 0.3 is 0 Å². The van der Waals surface area contributed by atoms with Crippen LogP contribution in [0, 0.1) is 11.6 Å². The molecule has 1 aromatic heterocycles. The second kappa shape index (κ2) is 6.26. The standard InChI is InChI=1S/C17H16F2N4/c1-2-11-3-6-13(7-4-11)23-17(16(10-20)21-22-23)12-5-8-14(18)15(19)9-12/h3-9H,2,10,20H2,1H3. The molecule has 118 valence electrons. The van der Waals surface area contributed by atoms with E-state index in [1.807, 2.05) is 24.3 Å². The Morgan fingerprint density at radius 3 is 2.39 bits per heavy atom. The molecule has 2 N–H and O–H groups in total. The molecule has 0 aliphatic carbocycles. The van der Waals surface area contributed by atoms with Crippen molar-refractivity contribution in [3.63, 3.8) is 0 Å². The van der Waals surface area contributed by atoms with Gasteiger partial charge in [0.25, 0.3) is 0 Å². The van der Waals surface area contributed by atoms with Crippen LogP contribution in [0.25, 0.3) is 16.9 Å². The Morgan fingerprint density at radius 1 is 1.04 bits per heavy atom. The van der Waals surface area contributed by atoms with Gasteiger partial charge in [0.2, 0.25) is 0 Å². The van der Waals surface area contributed by atoms with Gasteiger partial charge in [-0.25, -0.2) is 13.5 Å². The summed E-state index contributed by atoms with van der Waals surface area (Å²) in [7, 11) is 0. The normalized spacial score (nSPS) is 11.0. The molecule has 1 heterocycles. The maximum absolute atomic E-state index is 13.6. The first-order valence-corrected chi connectivity index (χ1v) is 7.33. The Hall–Kier alpha value is -2.60. The molecule has 3 rings (SSSR count). The lowest BCUT2D eigenvalue weighted by molar-refractivity contribution is 0.509. The monoisotopic (exact) mass is 314 g/mol. The van der Waals surface area contributed by atoms with Crippen molar-refractivity contribution >= 4 is 0 Å². The summed E-state index contributed by atoms with van der Waals surface area (Å²) in [6, 6.07) is 11.5. The number of aryl methyl sites for hydroxylation is 1. The van der Waals surface area contributed by atoms with Crippen molar-refractivity contribution in [2.75, 3.05) is 0 Å². The molecule has 2 aromatic carbocycles. The third-order valence-electron chi connectivity index (χ3n) is 3.72. The van der Waals surface area contributed by atoms with Crippen molar-refractivity contribution in [3.8, 4) is 16.9 Å². The minimum Gasteiger partial charge on any atom is -0.325 e. The highest BCUT2D eigenvalue weighted by Gasteiger charge is 2.17. The molecule has 4 nitrogen and oxygen atoms in total. The number of aromatic nitrogens is 3. The average Bonchev–Trinajstić information content (AvgIpc) is 3.01. The Balaban J connectivity index is 2.14. The van der Waals surface area contributed by atoms with Crippen LogP contribution in [0.5, 0.6) is 0 Å². The van der Waals surface area contributed by atoms with E-state index >= 15 is 0 Å². The summed E-state index contributed by atoms with van der Waals surface area (Å²) in [5.74, 6) is -1.81. The van der Waals surface area contributed by atoms with Crippen LogP contribution < -0.4 is 5.73 Å². The molecule has 23 heavy (non-hydrogen) atoms. The van der Waals surface area contributed by atoms with Crippen LogP contribution in [0.4, 0.5) is 8.78 Å². The predicted octanol–water partition coefficient (Wildman–Crippen LogP) is 3.23. The molecular formula is C17H16F2N4. The molecule has 0 amide bonds. The van der Waals surface area contributed by atoms with E-state index in [2.05, 4.69) is 17.2 Å². The quantitative estimate of drug-likeness (QED) is 0.804. The van der Waals surface area contributed by atoms with Crippen molar-refractivity contribution in [2.24, 2.45) is 5.73 Å². The van der Waals surface area contributed by atoms with E-state index in [-0.39, 0.29) is 6.54 Å². The van der Waals surface area contributed by atoms with Crippen molar-refractivity contribution in [1.82, 2.24) is 15.0 Å². The van der Waals surface area contributed by atoms with Gasteiger partial charge in [0, 0.05) is 12.1 Å². The summed E-state index contributed by atoms with van der Waals surface area (Å²) in [5.41, 5.74) is 9.26. The van der Waals surface area contributed by atoms with Crippen LogP contribution in [0.3, 0.4) is 0 Å². The van der Waals surface area contributed by atoms with Gasteiger partial charge in [-0.2, -0.15) is 0 Å². The summed E-state index contributed by atoms with van der Waals surface area (Å²) in [4.78, 5) is 0. The van der Waals surface area contributed by atoms with E-state index in [4.69, 9.17) is 5.73 Å². The molecule has 0 bridgehead atoms. The van der Waals surface area contributed by atoms with Crippen LogP contribution in [0.2, 0.25) is 0 Å². The van der Waals surface area contributed by atoms with Crippen molar-refractivity contribution in [3.05, 3.63) is 65.4 Å². The third kappa shape index (κ3) is 2.85. The molecule has 0 atom stereocenters. The Bertz CT molecular complexity index is 825. The summed E-state index contributed by atoms with van der Waals surface area (Å²) >= 11 is 0. The fourth-order valence-electron chi connectivity index (χ4n) is 2.44. The number of nitrogens with two attached hydrogens (primary N) is 1. The van der Waals surface area contributed by atoms with Crippen molar-refractivity contribution in [2.45, 2.75) is 19.9 Å². The van der Waals surface area contributed by atoms with Crippen LogP contribution in [0.1, 0.15) is 18.2 Å². The van der Waals surface area contributed by atoms with Crippen molar-refractivity contribution in [1.29, 1.82) is 0 Å². The van der Waals surface area contributed by atoms with Gasteiger partial charge in [-0.3, -0.25) is 0 Å². The van der Waals surface area contributed by atoms with Crippen LogP contribution in [-0.4, -0.2) is 15.0 Å². The largest absolute Gasteiger partial charge is 0.325 e. The number of rotatable bonds is 4. The Labute approximate surface area is 132 Å². The summed E-state index contributed by atoms with van der Waals surface area (Å²) < 4.78 is 28.4. The van der Waals surface area contributed by atoms with Gasteiger partial charge in [-0.1, -0.05) is 24.3 Å². The van der Waals surface area contributed by atoms with E-state index in [1.165, 1.54) is 11.6 Å². The van der Waals surface area contributed by atoms with E-state index in [0.29, 0.717) is 17.0 Å². The zero-order valence-electron chi connectivity index (χ0n) is 12.6. The second-order valence-electron chi connectivity index (χ2n) is 5.15. The predicted molar refractivity (Wildman–Crippen MR) is 84.0 cm³/mol. The Morgan fingerprint density at radius 2 is 1.78 bits per heavy atom. The van der Waals surface area contributed by atoms with Crippen LogP contribution in [0.15, 0.2) is 42.5 Å². The molecule has 0 unspecified atom stereocenters. The zero-order valence-corrected chi connectivity index (χ0v) is 12.6. The Kier molecular flexibility index (Phi) is 4.16. The number of benzene rings is 2. The third-order valence-corrected chi connectivity index (χ3v) is 3.72. The highest BCUT2D eigenvalue weighted by molar-refractivity contribution is 5.64. The molecule has 0 aliphatic heterocycles. The molecule has 0 radical (unpaired) electrons. The van der Waals surface area contributed by atoms with Crippen molar-refractivity contribution < 1.29 is 8.78 Å². The minimum atomic E-state index is -0.917. The maximum atomic E-state index is 13.6. The van der Waals surface area contributed by atoms with Gasteiger partial charge < -0.3 is 5.73 Å². The minimum absolute atomic E-state index is 0.154. The second-order valence-corrected chi connectivity index (χ2v) is 5.15. The first-order valence-electron chi connectivity index (χ1n) is 7.33. The molecule has 0 saturated heterocycles. The maximum Gasteiger partial charge on any atom is 0.159 e. The smallest absolute Gasteiger partial charge is 0.159 e. The van der Waals surface area contributed by atoms with Crippen LogP contribution >= 0.6 is 0 Å². The zero-order chi connectivity index (χ0) is 16.4. The van der Waals surface area contributed by atoms with Gasteiger partial charge in [-0.15, -0.1) is 5.10 Å². The molecule has 0 saturated carbocycles. The fraction of sp³-hybridized carbons (Fsp3) is 0.176. The first kappa shape index (κ1) is 15.3. The fourth-order valence-corrected chi connectivity index (χ4v) is 2.44. The first-order chi connectivity index (χ1) is 11.1. The lowest BCUT2D eigenvalue weighted by Gasteiger charge is -2.09. The summed E-state index contributed by atoms with van der Waals surface area (Å²) in [6.07, 6.45) is 0.932. The van der Waals surface area contributed by atoms with Gasteiger partial charge in [0.1, 0.15) is 5.69 Å². The van der Waals surface area contributed by atoms with Gasteiger partial charge in [0.05, 0.1) is 11.4 Å². The molecule has 0 aliphatic rings. The average molecular weight is 314 g/mol. The van der Waals surface area contributed by atoms with Gasteiger partial charge in [0.15, 0.2) is 11.6 Å². The number of halogens is 2. The lowest BCUT2D eigenvalue weighted by Crippen LogP contribution is -2.03. The number of hydrogen-bond donors (Lipinski definition) is 1. The van der Waals surface area contributed by atoms with Crippen LogP contribution in [-0.2, 0) is 13.0 Å². The highest BCUT2D eigenvalue weighted by atomic mass is 19.2.